The van der Waals surface area contributed by atoms with Crippen LogP contribution in [0.1, 0.15) is 19.8 Å². The highest BCUT2D eigenvalue weighted by Crippen LogP contribution is 2.24. The van der Waals surface area contributed by atoms with Gasteiger partial charge < -0.3 is 4.74 Å². The Hall–Kier alpha value is -1.58. The monoisotopic (exact) mass is 188 g/mol. The van der Waals surface area contributed by atoms with Gasteiger partial charge in [0.1, 0.15) is 6.07 Å². The minimum absolute atomic E-state index is 0.461. The lowest BCUT2D eigenvalue weighted by Gasteiger charge is -2.24. The number of nitriles is 2. The standard InChI is InChI=1S/C11H12N2O/c1-2-7-14-11(9-13)5-3-10(8-12)4-6-11/h3-5H,2,6-7H2,1H3. The van der Waals surface area contributed by atoms with E-state index in [-0.39, 0.29) is 0 Å². The first-order valence-corrected chi connectivity index (χ1v) is 4.61. The summed E-state index contributed by atoms with van der Waals surface area (Å²) >= 11 is 0. The van der Waals surface area contributed by atoms with Crippen molar-refractivity contribution in [1.29, 1.82) is 10.5 Å². The van der Waals surface area contributed by atoms with Gasteiger partial charge in [0.2, 0.25) is 0 Å². The van der Waals surface area contributed by atoms with Crippen LogP contribution in [0.2, 0.25) is 0 Å². The molecule has 0 heterocycles. The summed E-state index contributed by atoms with van der Waals surface area (Å²) in [5, 5.41) is 17.6. The molecule has 0 radical (unpaired) electrons. The Morgan fingerprint density at radius 3 is 2.79 bits per heavy atom. The lowest BCUT2D eigenvalue weighted by Crippen LogP contribution is -2.29. The zero-order chi connectivity index (χ0) is 10.4. The summed E-state index contributed by atoms with van der Waals surface area (Å²) in [6.07, 6.45) is 6.39. The third kappa shape index (κ3) is 2.22. The van der Waals surface area contributed by atoms with Gasteiger partial charge in [-0.15, -0.1) is 0 Å². The van der Waals surface area contributed by atoms with E-state index in [4.69, 9.17) is 15.3 Å². The number of hydrogen-bond donors (Lipinski definition) is 0. The second kappa shape index (κ2) is 4.60. The third-order valence-corrected chi connectivity index (χ3v) is 2.04. The van der Waals surface area contributed by atoms with Crippen molar-refractivity contribution in [2.75, 3.05) is 6.61 Å². The fourth-order valence-electron chi connectivity index (χ4n) is 1.21. The molecule has 0 N–H and O–H groups in total. The van der Waals surface area contributed by atoms with Crippen molar-refractivity contribution >= 4 is 0 Å². The predicted octanol–water partition coefficient (Wildman–Crippen LogP) is 2.09. The summed E-state index contributed by atoms with van der Waals surface area (Å²) in [6, 6.07) is 4.17. The molecular weight excluding hydrogens is 176 g/mol. The van der Waals surface area contributed by atoms with Crippen LogP contribution in [0.3, 0.4) is 0 Å². The Bertz CT molecular complexity index is 343. The van der Waals surface area contributed by atoms with E-state index in [1.165, 1.54) is 0 Å². The molecule has 1 aliphatic carbocycles. The van der Waals surface area contributed by atoms with Crippen LogP contribution in [0.5, 0.6) is 0 Å². The molecule has 1 rings (SSSR count). The third-order valence-electron chi connectivity index (χ3n) is 2.04. The molecular formula is C11H12N2O. The fraction of sp³-hybridized carbons (Fsp3) is 0.455. The number of ether oxygens (including phenoxy) is 1. The molecule has 0 saturated carbocycles. The molecule has 0 aromatic carbocycles. The average molecular weight is 188 g/mol. The predicted molar refractivity (Wildman–Crippen MR) is 52.0 cm³/mol. The quantitative estimate of drug-likeness (QED) is 0.681. The number of nitrogens with zero attached hydrogens (tertiary/aromatic N) is 2. The van der Waals surface area contributed by atoms with Gasteiger partial charge in [0.25, 0.3) is 0 Å². The molecule has 1 aliphatic rings. The molecule has 3 heteroatoms. The van der Waals surface area contributed by atoms with Crippen molar-refractivity contribution in [1.82, 2.24) is 0 Å². The molecule has 0 bridgehead atoms. The van der Waals surface area contributed by atoms with Crippen LogP contribution in [-0.4, -0.2) is 12.2 Å². The van der Waals surface area contributed by atoms with Crippen LogP contribution in [0.4, 0.5) is 0 Å². The van der Waals surface area contributed by atoms with Crippen LogP contribution in [0, 0.1) is 22.7 Å². The maximum Gasteiger partial charge on any atom is 0.176 e. The second-order valence-corrected chi connectivity index (χ2v) is 3.16. The molecule has 72 valence electrons. The second-order valence-electron chi connectivity index (χ2n) is 3.16. The lowest BCUT2D eigenvalue weighted by atomic mass is 9.93. The molecule has 1 unspecified atom stereocenters. The molecule has 0 fully saturated rings. The van der Waals surface area contributed by atoms with Gasteiger partial charge in [-0.25, -0.2) is 0 Å². The first-order chi connectivity index (χ1) is 6.76. The molecule has 1 atom stereocenters. The van der Waals surface area contributed by atoms with Crippen molar-refractivity contribution in [3.8, 4) is 12.1 Å². The van der Waals surface area contributed by atoms with Crippen molar-refractivity contribution in [2.45, 2.75) is 25.4 Å². The zero-order valence-electron chi connectivity index (χ0n) is 8.16. The van der Waals surface area contributed by atoms with E-state index >= 15 is 0 Å². The number of allylic oxidation sites excluding steroid dienone is 2. The minimum atomic E-state index is -0.851. The largest absolute Gasteiger partial charge is 0.356 e. The SMILES string of the molecule is CCCOC1(C#N)C=CC(C#N)=CC1. The Balaban J connectivity index is 2.70. The summed E-state index contributed by atoms with van der Waals surface area (Å²) in [6.45, 7) is 2.56. The normalized spacial score (nSPS) is 24.9. The Morgan fingerprint density at radius 1 is 1.57 bits per heavy atom. The Labute approximate surface area is 83.9 Å². The van der Waals surface area contributed by atoms with Crippen molar-refractivity contribution in [3.63, 3.8) is 0 Å². The maximum atomic E-state index is 8.99. The Morgan fingerprint density at radius 2 is 2.36 bits per heavy atom. The van der Waals surface area contributed by atoms with E-state index in [2.05, 4.69) is 6.07 Å². The molecule has 3 nitrogen and oxygen atoms in total. The van der Waals surface area contributed by atoms with Crippen LogP contribution < -0.4 is 0 Å². The summed E-state index contributed by atoms with van der Waals surface area (Å²) in [5.41, 5.74) is -0.257. The van der Waals surface area contributed by atoms with Crippen molar-refractivity contribution in [2.24, 2.45) is 0 Å². The highest BCUT2D eigenvalue weighted by molar-refractivity contribution is 5.40. The van der Waals surface area contributed by atoms with Gasteiger partial charge in [0.05, 0.1) is 6.07 Å². The zero-order valence-corrected chi connectivity index (χ0v) is 8.16. The summed E-state index contributed by atoms with van der Waals surface area (Å²) < 4.78 is 5.46. The highest BCUT2D eigenvalue weighted by atomic mass is 16.5. The van der Waals surface area contributed by atoms with Crippen LogP contribution in [0.15, 0.2) is 23.8 Å². The van der Waals surface area contributed by atoms with E-state index in [1.54, 1.807) is 18.2 Å². The molecule has 0 aromatic heterocycles. The molecule has 0 saturated heterocycles. The van der Waals surface area contributed by atoms with Gasteiger partial charge in [-0.2, -0.15) is 10.5 Å². The van der Waals surface area contributed by atoms with Crippen LogP contribution in [-0.2, 0) is 4.74 Å². The number of hydrogen-bond acceptors (Lipinski definition) is 3. The minimum Gasteiger partial charge on any atom is -0.356 e. The first-order valence-electron chi connectivity index (χ1n) is 4.61. The van der Waals surface area contributed by atoms with E-state index in [0.717, 1.165) is 6.42 Å². The van der Waals surface area contributed by atoms with Crippen molar-refractivity contribution < 1.29 is 4.74 Å². The highest BCUT2D eigenvalue weighted by Gasteiger charge is 2.28. The van der Waals surface area contributed by atoms with Crippen molar-refractivity contribution in [3.05, 3.63) is 23.8 Å². The maximum absolute atomic E-state index is 8.99. The molecule has 14 heavy (non-hydrogen) atoms. The average Bonchev–Trinajstić information content (AvgIpc) is 2.27. The van der Waals surface area contributed by atoms with Gasteiger partial charge in [-0.05, 0) is 18.6 Å². The molecule has 0 aromatic rings. The number of rotatable bonds is 3. The van der Waals surface area contributed by atoms with Gasteiger partial charge in [-0.1, -0.05) is 13.0 Å². The van der Waals surface area contributed by atoms with E-state index < -0.39 is 5.60 Å². The van der Waals surface area contributed by atoms with E-state index in [9.17, 15) is 0 Å². The molecule has 0 amide bonds. The fourth-order valence-corrected chi connectivity index (χ4v) is 1.21. The van der Waals surface area contributed by atoms with E-state index in [0.29, 0.717) is 18.6 Å². The van der Waals surface area contributed by atoms with E-state index in [1.807, 2.05) is 13.0 Å². The van der Waals surface area contributed by atoms with Crippen LogP contribution in [0.25, 0.3) is 0 Å². The van der Waals surface area contributed by atoms with Gasteiger partial charge in [0, 0.05) is 18.6 Å². The summed E-state index contributed by atoms with van der Waals surface area (Å²) in [5.74, 6) is 0. The summed E-state index contributed by atoms with van der Waals surface area (Å²) in [4.78, 5) is 0. The molecule has 0 aliphatic heterocycles. The lowest BCUT2D eigenvalue weighted by molar-refractivity contribution is 0.0349. The first kappa shape index (κ1) is 10.5. The van der Waals surface area contributed by atoms with Gasteiger partial charge >= 0.3 is 0 Å². The summed E-state index contributed by atoms with van der Waals surface area (Å²) in [7, 11) is 0. The Kier molecular flexibility index (Phi) is 3.45. The van der Waals surface area contributed by atoms with Crippen LogP contribution >= 0.6 is 0 Å². The smallest absolute Gasteiger partial charge is 0.176 e. The topological polar surface area (TPSA) is 56.8 Å². The van der Waals surface area contributed by atoms with Gasteiger partial charge in [-0.3, -0.25) is 0 Å². The van der Waals surface area contributed by atoms with Gasteiger partial charge in [0.15, 0.2) is 5.60 Å². The molecule has 0 spiro atoms.